The highest BCUT2D eigenvalue weighted by molar-refractivity contribution is 5.80. The van der Waals surface area contributed by atoms with Crippen LogP contribution < -0.4 is 20.1 Å². The molecule has 0 amide bonds. The largest absolute Gasteiger partial charge is 0.495 e. The molecule has 0 aliphatic carbocycles. The van der Waals surface area contributed by atoms with Gasteiger partial charge in [-0.2, -0.15) is 4.98 Å². The third-order valence-corrected chi connectivity index (χ3v) is 6.19. The summed E-state index contributed by atoms with van der Waals surface area (Å²) in [5.74, 6) is 2.75. The lowest BCUT2D eigenvalue weighted by Gasteiger charge is -2.18. The van der Waals surface area contributed by atoms with Crippen LogP contribution in [-0.4, -0.2) is 48.2 Å². The molecule has 37 heavy (non-hydrogen) atoms. The molecule has 4 rings (SSSR count). The van der Waals surface area contributed by atoms with Gasteiger partial charge in [-0.3, -0.25) is 0 Å². The lowest BCUT2D eigenvalue weighted by Crippen LogP contribution is -2.27. The van der Waals surface area contributed by atoms with Crippen molar-refractivity contribution in [2.24, 2.45) is 0 Å². The molecule has 0 saturated carbocycles. The van der Waals surface area contributed by atoms with Crippen molar-refractivity contribution >= 4 is 23.1 Å². The fourth-order valence-corrected chi connectivity index (χ4v) is 3.95. The Labute approximate surface area is 219 Å². The number of hydrogen-bond donors (Lipinski definition) is 2. The summed E-state index contributed by atoms with van der Waals surface area (Å²) in [5, 5.41) is 6.75. The number of aromatic nitrogens is 2. The molecular formula is C30H35N5O2. The van der Waals surface area contributed by atoms with E-state index in [2.05, 4.69) is 65.6 Å². The molecule has 4 aromatic rings. The number of rotatable bonds is 12. The van der Waals surface area contributed by atoms with Crippen molar-refractivity contribution in [2.45, 2.75) is 20.8 Å². The minimum absolute atomic E-state index is 0.489. The number of hydrogen-bond acceptors (Lipinski definition) is 7. The second kappa shape index (κ2) is 12.7. The molecule has 2 N–H and O–H groups in total. The standard InChI is InChI=1S/C30H35N5O2/c1-5-35(6-2)19-20-37-25-17-15-24(16-18-25)32-30-31-21-26(23-13-11-22(3)12-14-23)29(34-30)33-27-9-7-8-10-28(27)36-4/h7-18,21H,5-6,19-20H2,1-4H3,(H2,31,32,33,34). The van der Waals surface area contributed by atoms with Crippen molar-refractivity contribution in [1.82, 2.24) is 14.9 Å². The van der Waals surface area contributed by atoms with Crippen LogP contribution in [0.3, 0.4) is 0 Å². The summed E-state index contributed by atoms with van der Waals surface area (Å²) in [4.78, 5) is 11.8. The van der Waals surface area contributed by atoms with Crippen LogP contribution >= 0.6 is 0 Å². The van der Waals surface area contributed by atoms with Gasteiger partial charge in [0.15, 0.2) is 0 Å². The van der Waals surface area contributed by atoms with Gasteiger partial charge in [0.25, 0.3) is 0 Å². The van der Waals surface area contributed by atoms with E-state index in [1.165, 1.54) is 5.56 Å². The van der Waals surface area contributed by atoms with E-state index in [0.717, 1.165) is 53.6 Å². The maximum Gasteiger partial charge on any atom is 0.229 e. The highest BCUT2D eigenvalue weighted by atomic mass is 16.5. The van der Waals surface area contributed by atoms with E-state index >= 15 is 0 Å². The Kier molecular flexibility index (Phi) is 8.94. The van der Waals surface area contributed by atoms with Crippen molar-refractivity contribution in [1.29, 1.82) is 0 Å². The number of anilines is 4. The minimum Gasteiger partial charge on any atom is -0.495 e. The molecule has 0 radical (unpaired) electrons. The first-order valence-corrected chi connectivity index (χ1v) is 12.7. The fraction of sp³-hybridized carbons (Fsp3) is 0.267. The van der Waals surface area contributed by atoms with Gasteiger partial charge in [0.05, 0.1) is 12.8 Å². The van der Waals surface area contributed by atoms with Crippen LogP contribution in [0.5, 0.6) is 11.5 Å². The molecule has 3 aromatic carbocycles. The zero-order valence-corrected chi connectivity index (χ0v) is 22.0. The fourth-order valence-electron chi connectivity index (χ4n) is 3.95. The van der Waals surface area contributed by atoms with Crippen molar-refractivity contribution in [3.8, 4) is 22.6 Å². The Morgan fingerprint density at radius 2 is 1.59 bits per heavy atom. The maximum absolute atomic E-state index is 5.90. The Balaban J connectivity index is 1.53. The summed E-state index contributed by atoms with van der Waals surface area (Å²) in [6, 6.07) is 24.0. The first-order chi connectivity index (χ1) is 18.1. The van der Waals surface area contributed by atoms with E-state index in [-0.39, 0.29) is 0 Å². The van der Waals surface area contributed by atoms with Gasteiger partial charge in [-0.05, 0) is 62.0 Å². The lowest BCUT2D eigenvalue weighted by molar-refractivity contribution is 0.223. The normalized spacial score (nSPS) is 10.8. The van der Waals surface area contributed by atoms with E-state index in [1.807, 2.05) is 54.7 Å². The minimum atomic E-state index is 0.489. The van der Waals surface area contributed by atoms with Crippen molar-refractivity contribution in [2.75, 3.05) is 44.0 Å². The van der Waals surface area contributed by atoms with Gasteiger partial charge in [-0.1, -0.05) is 55.8 Å². The van der Waals surface area contributed by atoms with Gasteiger partial charge >= 0.3 is 0 Å². The first kappa shape index (κ1) is 26.0. The van der Waals surface area contributed by atoms with Gasteiger partial charge in [-0.15, -0.1) is 0 Å². The summed E-state index contributed by atoms with van der Waals surface area (Å²) in [6.45, 7) is 10.0. The number of nitrogens with zero attached hydrogens (tertiary/aromatic N) is 3. The van der Waals surface area contributed by atoms with Crippen LogP contribution in [0.2, 0.25) is 0 Å². The average molecular weight is 498 g/mol. The molecular weight excluding hydrogens is 462 g/mol. The van der Waals surface area contributed by atoms with E-state index < -0.39 is 0 Å². The lowest BCUT2D eigenvalue weighted by atomic mass is 10.1. The Morgan fingerprint density at radius 3 is 2.30 bits per heavy atom. The van der Waals surface area contributed by atoms with Crippen molar-refractivity contribution in [3.05, 3.63) is 84.6 Å². The number of para-hydroxylation sites is 2. The second-order valence-corrected chi connectivity index (χ2v) is 8.67. The molecule has 0 saturated heterocycles. The summed E-state index contributed by atoms with van der Waals surface area (Å²) in [5.41, 5.74) is 4.83. The third kappa shape index (κ3) is 6.98. The average Bonchev–Trinajstić information content (AvgIpc) is 2.93. The summed E-state index contributed by atoms with van der Waals surface area (Å²) < 4.78 is 11.4. The molecule has 1 heterocycles. The van der Waals surface area contributed by atoms with Gasteiger partial charge in [0, 0.05) is 24.0 Å². The molecule has 7 heteroatoms. The van der Waals surface area contributed by atoms with Gasteiger partial charge in [0.2, 0.25) is 5.95 Å². The Morgan fingerprint density at radius 1 is 0.865 bits per heavy atom. The number of aryl methyl sites for hydroxylation is 1. The second-order valence-electron chi connectivity index (χ2n) is 8.67. The van der Waals surface area contributed by atoms with E-state index in [0.29, 0.717) is 18.4 Å². The van der Waals surface area contributed by atoms with Gasteiger partial charge in [-0.25, -0.2) is 4.98 Å². The number of benzene rings is 3. The van der Waals surface area contributed by atoms with Crippen LogP contribution in [0.15, 0.2) is 79.0 Å². The molecule has 0 aliphatic rings. The third-order valence-electron chi connectivity index (χ3n) is 6.19. The summed E-state index contributed by atoms with van der Waals surface area (Å²) >= 11 is 0. The molecule has 0 spiro atoms. The van der Waals surface area contributed by atoms with E-state index in [4.69, 9.17) is 14.5 Å². The molecule has 0 unspecified atom stereocenters. The Hall–Kier alpha value is -4.10. The monoisotopic (exact) mass is 497 g/mol. The predicted molar refractivity (Wildman–Crippen MR) is 151 cm³/mol. The molecule has 0 fully saturated rings. The number of nitrogens with one attached hydrogen (secondary N) is 2. The molecule has 7 nitrogen and oxygen atoms in total. The van der Waals surface area contributed by atoms with E-state index in [1.54, 1.807) is 7.11 Å². The van der Waals surface area contributed by atoms with Crippen LogP contribution in [0, 0.1) is 6.92 Å². The number of methoxy groups -OCH3 is 1. The number of ether oxygens (including phenoxy) is 2. The van der Waals surface area contributed by atoms with Crippen LogP contribution in [0.25, 0.3) is 11.1 Å². The zero-order valence-electron chi connectivity index (χ0n) is 22.0. The summed E-state index contributed by atoms with van der Waals surface area (Å²) in [6.07, 6.45) is 1.84. The zero-order chi connectivity index (χ0) is 26.0. The SMILES string of the molecule is CCN(CC)CCOc1ccc(Nc2ncc(-c3ccc(C)cc3)c(Nc3ccccc3OC)n2)cc1. The highest BCUT2D eigenvalue weighted by Crippen LogP contribution is 2.33. The molecule has 1 aromatic heterocycles. The van der Waals surface area contributed by atoms with Crippen LogP contribution in [-0.2, 0) is 0 Å². The van der Waals surface area contributed by atoms with Gasteiger partial charge in [0.1, 0.15) is 23.9 Å². The quantitative estimate of drug-likeness (QED) is 0.226. The molecule has 0 aliphatic heterocycles. The molecule has 0 atom stereocenters. The van der Waals surface area contributed by atoms with Crippen LogP contribution in [0.1, 0.15) is 19.4 Å². The topological polar surface area (TPSA) is 71.5 Å². The van der Waals surface area contributed by atoms with Crippen molar-refractivity contribution in [3.63, 3.8) is 0 Å². The highest BCUT2D eigenvalue weighted by Gasteiger charge is 2.13. The van der Waals surface area contributed by atoms with Crippen molar-refractivity contribution < 1.29 is 9.47 Å². The first-order valence-electron chi connectivity index (χ1n) is 12.7. The predicted octanol–water partition coefficient (Wildman–Crippen LogP) is 6.67. The Bertz CT molecular complexity index is 1270. The smallest absolute Gasteiger partial charge is 0.229 e. The number of likely N-dealkylation sites (N-methyl/N-ethyl adjacent to an activating group) is 1. The summed E-state index contributed by atoms with van der Waals surface area (Å²) in [7, 11) is 1.66. The maximum atomic E-state index is 5.90. The molecule has 192 valence electrons. The molecule has 0 bridgehead atoms. The van der Waals surface area contributed by atoms with Crippen LogP contribution in [0.4, 0.5) is 23.1 Å². The van der Waals surface area contributed by atoms with Gasteiger partial charge < -0.3 is 25.0 Å². The van der Waals surface area contributed by atoms with E-state index in [9.17, 15) is 0 Å².